The van der Waals surface area contributed by atoms with Crippen molar-refractivity contribution < 1.29 is 35.2 Å². The molecular weight excluding hydrogens is 195 g/mol. The number of aliphatic hydroxyl groups is 5. The van der Waals surface area contributed by atoms with Gasteiger partial charge in [0, 0.05) is 0 Å². The van der Waals surface area contributed by atoms with Crippen LogP contribution in [-0.2, 0) is 4.65 Å². The highest BCUT2D eigenvalue weighted by Gasteiger charge is 2.29. The molecule has 0 unspecified atom stereocenters. The van der Waals surface area contributed by atoms with E-state index in [4.69, 9.17) is 25.5 Å². The molecule has 0 fully saturated rings. The number of hydrogen-bond donors (Lipinski definition) is 6. The van der Waals surface area contributed by atoms with Crippen LogP contribution < -0.4 is 0 Å². The van der Waals surface area contributed by atoms with Crippen LogP contribution in [0.3, 0.4) is 0 Å². The van der Waals surface area contributed by atoms with Gasteiger partial charge in [-0.1, -0.05) is 0 Å². The van der Waals surface area contributed by atoms with Gasteiger partial charge in [0.2, 0.25) is 0 Å². The molecule has 0 saturated heterocycles. The molecule has 0 rings (SSSR count). The van der Waals surface area contributed by atoms with Crippen LogP contribution in [0.1, 0.15) is 0 Å². The van der Waals surface area contributed by atoms with E-state index in [0.717, 1.165) is 0 Å². The van der Waals surface area contributed by atoms with Crippen molar-refractivity contribution in [1.82, 2.24) is 0 Å². The zero-order chi connectivity index (χ0) is 11.1. The van der Waals surface area contributed by atoms with E-state index in [1.165, 1.54) is 0 Å². The zero-order valence-electron chi connectivity index (χ0n) is 7.52. The van der Waals surface area contributed by atoms with Crippen molar-refractivity contribution in [2.45, 2.75) is 24.4 Å². The molecule has 0 spiro atoms. The molecule has 0 amide bonds. The van der Waals surface area contributed by atoms with Crippen molar-refractivity contribution in [2.24, 2.45) is 0 Å². The number of aliphatic hydroxyl groups excluding tert-OH is 5. The largest absolute Gasteiger partial charge is 0.435 e. The lowest BCUT2D eigenvalue weighted by atomic mass is 10.0. The molecule has 0 aliphatic rings. The average Bonchev–Trinajstić information content (AvgIpc) is 2.22. The molecule has 0 aliphatic carbocycles. The Kier molecular flexibility index (Phi) is 7.02. The van der Waals surface area contributed by atoms with Gasteiger partial charge in [-0.15, -0.1) is 0 Å². The van der Waals surface area contributed by atoms with E-state index in [1.807, 2.05) is 0 Å². The van der Waals surface area contributed by atoms with Gasteiger partial charge in [-0.3, -0.25) is 0 Å². The second-order valence-electron chi connectivity index (χ2n) is 2.80. The van der Waals surface area contributed by atoms with Crippen molar-refractivity contribution in [3.63, 3.8) is 0 Å². The molecule has 4 atom stereocenters. The molecule has 14 heavy (non-hydrogen) atoms. The Hall–Kier alpha value is -0.215. The van der Waals surface area contributed by atoms with Gasteiger partial charge in [-0.25, -0.2) is 0 Å². The molecule has 0 aromatic carbocycles. The van der Waals surface area contributed by atoms with Gasteiger partial charge in [0.1, 0.15) is 24.4 Å². The molecule has 0 saturated carbocycles. The average molecular weight is 210 g/mol. The first-order valence-electron chi connectivity index (χ1n) is 4.06. The Morgan fingerprint density at radius 2 is 1.50 bits per heavy atom. The van der Waals surface area contributed by atoms with E-state index in [2.05, 4.69) is 4.65 Å². The first-order chi connectivity index (χ1) is 6.54. The maximum Gasteiger partial charge on any atom is 0.435 e. The van der Waals surface area contributed by atoms with Crippen LogP contribution in [-0.4, -0.2) is 75.9 Å². The lowest BCUT2D eigenvalue weighted by Crippen LogP contribution is -2.47. The Morgan fingerprint density at radius 1 is 1.00 bits per heavy atom. The smallest absolute Gasteiger partial charge is 0.430 e. The summed E-state index contributed by atoms with van der Waals surface area (Å²) in [5.74, 6) is 0. The van der Waals surface area contributed by atoms with Crippen molar-refractivity contribution in [3.8, 4) is 0 Å². The fraction of sp³-hybridized carbons (Fsp3) is 1.00. The predicted octanol–water partition coefficient (Wildman–Crippen LogP) is -4.30. The van der Waals surface area contributed by atoms with E-state index in [-0.39, 0.29) is 6.61 Å². The number of rotatable bonds is 7. The second kappa shape index (κ2) is 7.13. The monoisotopic (exact) mass is 210 g/mol. The van der Waals surface area contributed by atoms with Crippen LogP contribution in [0.15, 0.2) is 0 Å². The van der Waals surface area contributed by atoms with Crippen LogP contribution in [0.25, 0.3) is 0 Å². The second-order valence-corrected chi connectivity index (χ2v) is 2.80. The van der Waals surface area contributed by atoms with Crippen molar-refractivity contribution >= 4 is 7.69 Å². The molecule has 0 aromatic heterocycles. The summed E-state index contributed by atoms with van der Waals surface area (Å²) < 4.78 is 4.37. The molecule has 0 aliphatic heterocycles. The minimum absolute atomic E-state index is 0.382. The summed E-state index contributed by atoms with van der Waals surface area (Å²) in [7, 11) is -0.623. The molecule has 0 bridgehead atoms. The highest BCUT2D eigenvalue weighted by molar-refractivity contribution is 6.15. The topological polar surface area (TPSA) is 131 Å². The fourth-order valence-corrected chi connectivity index (χ4v) is 0.835. The fourth-order valence-electron chi connectivity index (χ4n) is 0.835. The third-order valence-corrected chi connectivity index (χ3v) is 1.71. The molecule has 0 heterocycles. The maximum atomic E-state index is 9.18. The maximum absolute atomic E-state index is 9.18. The third-order valence-electron chi connectivity index (χ3n) is 1.71. The van der Waals surface area contributed by atoms with E-state index in [1.54, 1.807) is 0 Å². The van der Waals surface area contributed by atoms with Crippen molar-refractivity contribution in [1.29, 1.82) is 0 Å². The number of hydrogen-bond acceptors (Lipinski definition) is 7. The van der Waals surface area contributed by atoms with Crippen LogP contribution in [0.5, 0.6) is 0 Å². The van der Waals surface area contributed by atoms with Gasteiger partial charge in [-0.05, 0) is 0 Å². The molecule has 0 radical (unpaired) electrons. The normalized spacial score (nSPS) is 19.9. The Labute approximate surface area is 81.5 Å². The Morgan fingerprint density at radius 3 is 1.93 bits per heavy atom. The summed E-state index contributed by atoms with van der Waals surface area (Å²) in [4.78, 5) is 0. The van der Waals surface area contributed by atoms with Gasteiger partial charge in [0.05, 0.1) is 13.2 Å². The van der Waals surface area contributed by atoms with Gasteiger partial charge < -0.3 is 35.2 Å². The minimum atomic E-state index is -1.67. The predicted molar refractivity (Wildman–Crippen MR) is 46.4 cm³/mol. The third kappa shape index (κ3) is 4.33. The first kappa shape index (κ1) is 13.8. The van der Waals surface area contributed by atoms with Crippen LogP contribution in [0, 0.1) is 0 Å². The van der Waals surface area contributed by atoms with E-state index >= 15 is 0 Å². The summed E-state index contributed by atoms with van der Waals surface area (Å²) in [6.07, 6.45) is -6.30. The lowest BCUT2D eigenvalue weighted by Gasteiger charge is -2.25. The van der Waals surface area contributed by atoms with Gasteiger partial charge in [0.15, 0.2) is 0 Å². The first-order valence-corrected chi connectivity index (χ1v) is 4.06. The van der Waals surface area contributed by atoms with Crippen LogP contribution >= 0.6 is 0 Å². The van der Waals surface area contributed by atoms with Gasteiger partial charge in [-0.2, -0.15) is 0 Å². The molecule has 6 N–H and O–H groups in total. The van der Waals surface area contributed by atoms with E-state index in [9.17, 15) is 5.11 Å². The van der Waals surface area contributed by atoms with E-state index in [0.29, 0.717) is 0 Å². The molecule has 7 nitrogen and oxygen atoms in total. The summed E-state index contributed by atoms with van der Waals surface area (Å²) in [5.41, 5.74) is 0. The highest BCUT2D eigenvalue weighted by atomic mass is 16.5. The molecule has 8 heteroatoms. The zero-order valence-corrected chi connectivity index (χ0v) is 7.52. The lowest BCUT2D eigenvalue weighted by molar-refractivity contribution is -0.122. The minimum Gasteiger partial charge on any atom is -0.430 e. The van der Waals surface area contributed by atoms with Crippen LogP contribution in [0.2, 0.25) is 0 Å². The standard InChI is InChI=1S/C6H15BO7/c8-1-3(9)5(11)6(12)4(10)2-14-7-13/h3-13H,1-2H2/t3-,4+,5-,6-/m1/s1. The molecular formula is C6H15BO7. The quantitative estimate of drug-likeness (QED) is 0.234. The SMILES string of the molecule is OBOC[C@H](O)[C@@H](O)[C@H](O)[C@H](O)CO. The summed E-state index contributed by atoms with van der Waals surface area (Å²) in [6.45, 7) is -1.11. The summed E-state index contributed by atoms with van der Waals surface area (Å²) in [6, 6.07) is 0. The van der Waals surface area contributed by atoms with E-state index < -0.39 is 38.7 Å². The van der Waals surface area contributed by atoms with Crippen molar-refractivity contribution in [3.05, 3.63) is 0 Å². The van der Waals surface area contributed by atoms with Crippen molar-refractivity contribution in [2.75, 3.05) is 13.2 Å². The molecule has 84 valence electrons. The Bertz CT molecular complexity index is 146. The Balaban J connectivity index is 3.95. The highest BCUT2D eigenvalue weighted by Crippen LogP contribution is 2.05. The van der Waals surface area contributed by atoms with Gasteiger partial charge >= 0.3 is 7.69 Å². The summed E-state index contributed by atoms with van der Waals surface area (Å²) >= 11 is 0. The molecule has 0 aromatic rings. The van der Waals surface area contributed by atoms with Gasteiger partial charge in [0.25, 0.3) is 0 Å². The van der Waals surface area contributed by atoms with Crippen LogP contribution in [0.4, 0.5) is 0 Å². The summed E-state index contributed by atoms with van der Waals surface area (Å²) in [5, 5.41) is 53.0.